The van der Waals surface area contributed by atoms with E-state index in [0.29, 0.717) is 11.8 Å². The Morgan fingerprint density at radius 2 is 0.854 bits per heavy atom. The molecule has 388 valence electrons. The molecular formula is C72H52N8Si2. The lowest BCUT2D eigenvalue weighted by Crippen LogP contribution is -2.74. The third-order valence-corrected chi connectivity index (χ3v) is 26.6. The molecule has 2 unspecified atom stereocenters. The topological polar surface area (TPSA) is 66.8 Å². The van der Waals surface area contributed by atoms with Gasteiger partial charge in [-0.3, -0.25) is 8.97 Å². The van der Waals surface area contributed by atoms with Crippen molar-refractivity contribution in [3.05, 3.63) is 303 Å². The Labute approximate surface area is 477 Å². The first-order valence-electron chi connectivity index (χ1n) is 28.0. The predicted molar refractivity (Wildman–Crippen MR) is 342 cm³/mol. The van der Waals surface area contributed by atoms with Crippen molar-refractivity contribution in [2.24, 2.45) is 4.99 Å². The number of nitrogens with zero attached hydrogens (tertiary/aromatic N) is 8. The van der Waals surface area contributed by atoms with Crippen LogP contribution in [0.15, 0.2) is 308 Å². The Kier molecular flexibility index (Phi) is 11.2. The van der Waals surface area contributed by atoms with Crippen molar-refractivity contribution in [2.45, 2.75) is 12.1 Å². The molecule has 13 aromatic rings. The number of para-hydroxylation sites is 2. The molecule has 0 radical (unpaired) electrons. The average Bonchev–Trinajstić information content (AvgIpc) is 3.07. The fraction of sp³-hybridized carbons (Fsp3) is 0.0278. The van der Waals surface area contributed by atoms with Gasteiger partial charge < -0.3 is 4.90 Å². The minimum atomic E-state index is -2.94. The quantitative estimate of drug-likeness (QED) is 0.0954. The van der Waals surface area contributed by atoms with Gasteiger partial charge in [0, 0.05) is 11.6 Å². The molecule has 10 heteroatoms. The van der Waals surface area contributed by atoms with Crippen LogP contribution in [0.5, 0.6) is 0 Å². The van der Waals surface area contributed by atoms with E-state index in [1.165, 1.54) is 41.5 Å². The fourth-order valence-corrected chi connectivity index (χ4v) is 23.1. The Morgan fingerprint density at radius 3 is 1.41 bits per heavy atom. The summed E-state index contributed by atoms with van der Waals surface area (Å²) >= 11 is 0. The molecule has 0 fully saturated rings. The first-order valence-corrected chi connectivity index (χ1v) is 32.0. The SMILES string of the molecule is C1=CC2N=C3N(c4nc(-c5ccccc5)cc(-n5c6ccc([Si](c7ccccc7)(c7ccccc7)c7ccccc7)cc6n6c7ccccc7nc56)n4)c4ccc([Si](c5ccccc5)(c5ccccc5)c5ccccc5)cc4N3C2C=C1. The maximum atomic E-state index is 5.76. The summed E-state index contributed by atoms with van der Waals surface area (Å²) < 4.78 is 4.58. The number of guanidine groups is 1. The van der Waals surface area contributed by atoms with Crippen LogP contribution in [0.2, 0.25) is 0 Å². The van der Waals surface area contributed by atoms with Crippen molar-refractivity contribution >= 4 is 109 Å². The number of imidazole rings is 2. The molecule has 16 rings (SSSR count). The fourth-order valence-electron chi connectivity index (χ4n) is 13.5. The summed E-state index contributed by atoms with van der Waals surface area (Å²) in [6.45, 7) is 0. The minimum Gasteiger partial charge on any atom is -0.300 e. The highest BCUT2D eigenvalue weighted by molar-refractivity contribution is 7.20. The second-order valence-electron chi connectivity index (χ2n) is 21.3. The van der Waals surface area contributed by atoms with E-state index in [4.69, 9.17) is 19.9 Å². The number of aliphatic imine (C=N–C) groups is 1. The smallest absolute Gasteiger partial charge is 0.239 e. The molecule has 5 heterocycles. The molecule has 2 aliphatic heterocycles. The van der Waals surface area contributed by atoms with Crippen LogP contribution in [0, 0.1) is 0 Å². The predicted octanol–water partition coefficient (Wildman–Crippen LogP) is 9.83. The van der Waals surface area contributed by atoms with E-state index in [-0.39, 0.29) is 12.1 Å². The van der Waals surface area contributed by atoms with Gasteiger partial charge in [0.05, 0.1) is 51.2 Å². The summed E-state index contributed by atoms with van der Waals surface area (Å²) in [6, 6.07) is 102. The van der Waals surface area contributed by atoms with Gasteiger partial charge in [0.1, 0.15) is 5.82 Å². The number of benzene rings is 10. The van der Waals surface area contributed by atoms with E-state index >= 15 is 0 Å². The molecule has 3 aromatic heterocycles. The van der Waals surface area contributed by atoms with Crippen LogP contribution in [-0.2, 0) is 0 Å². The molecule has 3 aliphatic rings. The molecule has 0 saturated carbocycles. The lowest BCUT2D eigenvalue weighted by Gasteiger charge is -2.35. The van der Waals surface area contributed by atoms with Crippen molar-refractivity contribution in [2.75, 3.05) is 9.80 Å². The van der Waals surface area contributed by atoms with Gasteiger partial charge in [0.15, 0.2) is 16.1 Å². The lowest BCUT2D eigenvalue weighted by atomic mass is 10.0. The van der Waals surface area contributed by atoms with Crippen LogP contribution < -0.4 is 51.3 Å². The van der Waals surface area contributed by atoms with Crippen molar-refractivity contribution in [1.82, 2.24) is 23.9 Å². The van der Waals surface area contributed by atoms with Crippen molar-refractivity contribution in [1.29, 1.82) is 0 Å². The molecule has 8 nitrogen and oxygen atoms in total. The largest absolute Gasteiger partial charge is 0.300 e. The van der Waals surface area contributed by atoms with Crippen LogP contribution in [0.1, 0.15) is 0 Å². The second-order valence-corrected chi connectivity index (χ2v) is 29.0. The number of aromatic nitrogens is 5. The zero-order valence-corrected chi connectivity index (χ0v) is 46.6. The number of hydrogen-bond donors (Lipinski definition) is 0. The van der Waals surface area contributed by atoms with Gasteiger partial charge in [-0.2, -0.15) is 4.98 Å². The summed E-state index contributed by atoms with van der Waals surface area (Å²) in [4.78, 5) is 27.0. The number of hydrogen-bond acceptors (Lipinski definition) is 6. The van der Waals surface area contributed by atoms with E-state index in [0.717, 1.165) is 56.4 Å². The summed E-state index contributed by atoms with van der Waals surface area (Å²) in [7, 11) is -5.86. The van der Waals surface area contributed by atoms with E-state index in [9.17, 15) is 0 Å². The van der Waals surface area contributed by atoms with Gasteiger partial charge in [0.25, 0.3) is 0 Å². The van der Waals surface area contributed by atoms with Crippen LogP contribution in [-0.4, -0.2) is 58.1 Å². The number of anilines is 3. The highest BCUT2D eigenvalue weighted by Gasteiger charge is 2.49. The first-order chi connectivity index (χ1) is 40.7. The molecule has 10 aromatic carbocycles. The summed E-state index contributed by atoms with van der Waals surface area (Å²) in [5.41, 5.74) is 7.75. The van der Waals surface area contributed by atoms with E-state index in [1.54, 1.807) is 0 Å². The van der Waals surface area contributed by atoms with Crippen LogP contribution in [0.4, 0.5) is 17.3 Å². The van der Waals surface area contributed by atoms with E-state index in [1.807, 2.05) is 0 Å². The maximum Gasteiger partial charge on any atom is 0.239 e. The third kappa shape index (κ3) is 7.21. The second kappa shape index (κ2) is 19.2. The zero-order chi connectivity index (χ0) is 54.2. The van der Waals surface area contributed by atoms with Crippen LogP contribution >= 0.6 is 0 Å². The standard InChI is InChI=1S/C72H52N8Si2/c1-8-26-51(27-9-1)62-50-69(79-65-46-44-58(48-67(65)77-63-42-24-22-40-60(63)74-71(77)79)81(52-28-10-2-11-29-52,53-30-12-3-13-31-53)54-32-14-4-15-33-54)76-70(73-62)80-66-47-45-59(49-68(66)78-64-43-25-23-41-61(64)75-72(78)80)82(55-34-16-5-17-35-55,56-36-18-6-19-37-56)57-38-20-7-21-39-57/h1-50,61,64H. The molecule has 82 heavy (non-hydrogen) atoms. The maximum absolute atomic E-state index is 5.76. The van der Waals surface area contributed by atoms with Gasteiger partial charge in [-0.05, 0) is 77.9 Å². The zero-order valence-electron chi connectivity index (χ0n) is 44.6. The highest BCUT2D eigenvalue weighted by Crippen LogP contribution is 2.46. The van der Waals surface area contributed by atoms with Gasteiger partial charge in [-0.25, -0.2) is 19.9 Å². The molecule has 0 spiro atoms. The Hall–Kier alpha value is -10.3. The van der Waals surface area contributed by atoms with E-state index in [2.05, 4.69) is 322 Å². The molecule has 0 saturated heterocycles. The number of rotatable bonds is 11. The molecule has 1 aliphatic carbocycles. The van der Waals surface area contributed by atoms with Crippen LogP contribution in [0.3, 0.4) is 0 Å². The summed E-state index contributed by atoms with van der Waals surface area (Å²) in [5.74, 6) is 2.77. The molecule has 2 atom stereocenters. The Morgan fingerprint density at radius 1 is 0.366 bits per heavy atom. The molecular weight excluding hydrogens is 1030 g/mol. The number of fused-ring (bicyclic) bond motifs is 10. The van der Waals surface area contributed by atoms with Crippen molar-refractivity contribution in [3.63, 3.8) is 0 Å². The van der Waals surface area contributed by atoms with Gasteiger partial charge >= 0.3 is 0 Å². The van der Waals surface area contributed by atoms with Gasteiger partial charge in [-0.1, -0.05) is 261 Å². The van der Waals surface area contributed by atoms with Gasteiger partial charge in [0.2, 0.25) is 17.7 Å². The van der Waals surface area contributed by atoms with Crippen molar-refractivity contribution in [3.8, 4) is 17.1 Å². The Bertz CT molecular complexity index is 4450. The lowest BCUT2D eigenvalue weighted by molar-refractivity contribution is 0.741. The highest BCUT2D eigenvalue weighted by atomic mass is 28.3. The monoisotopic (exact) mass is 1080 g/mol. The summed E-state index contributed by atoms with van der Waals surface area (Å²) in [5, 5.41) is 10.4. The molecule has 0 amide bonds. The normalized spacial score (nSPS) is 15.5. The Balaban J connectivity index is 0.948. The molecule has 0 bridgehead atoms. The van der Waals surface area contributed by atoms with Crippen molar-refractivity contribution < 1.29 is 0 Å². The molecule has 0 N–H and O–H groups in total. The van der Waals surface area contributed by atoms with Crippen LogP contribution in [0.25, 0.3) is 44.9 Å². The third-order valence-electron chi connectivity index (χ3n) is 17.0. The van der Waals surface area contributed by atoms with Gasteiger partial charge in [-0.15, -0.1) is 0 Å². The first kappa shape index (κ1) is 47.7. The minimum absolute atomic E-state index is 0.0464. The number of allylic oxidation sites excluding steroid dienone is 2. The van der Waals surface area contributed by atoms with E-state index < -0.39 is 16.1 Å². The summed E-state index contributed by atoms with van der Waals surface area (Å²) in [6.07, 6.45) is 8.77. The average molecular weight is 1090 g/mol.